The third-order valence-electron chi connectivity index (χ3n) is 8.21. The molecule has 2 aliphatic heterocycles. The van der Waals surface area contributed by atoms with E-state index in [4.69, 9.17) is 19.4 Å². The second-order valence-corrected chi connectivity index (χ2v) is 13.9. The molecule has 3 atom stereocenters. The second-order valence-electron chi connectivity index (χ2n) is 11.8. The fourth-order valence-corrected chi connectivity index (χ4v) is 8.07. The molecule has 4 aromatic rings. The quantitative estimate of drug-likeness (QED) is 0.0503. The Morgan fingerprint density at radius 2 is 1.76 bits per heavy atom. The van der Waals surface area contributed by atoms with Crippen LogP contribution in [0, 0.1) is 6.92 Å². The summed E-state index contributed by atoms with van der Waals surface area (Å²) in [6.45, 7) is 0.0994. The van der Waals surface area contributed by atoms with Gasteiger partial charge in [-0.3, -0.25) is 28.9 Å². The fraction of sp³-hybridized carbons (Fsp3) is 0.250. The number of carboxylic acids is 3. The number of carbonyl (C=O) groups is 6. The molecule has 1 saturated heterocycles. The molecular formula is C32H27N7O14S2. The number of hydrogen-bond donors (Lipinski definition) is 7. The Labute approximate surface area is 314 Å². The minimum atomic E-state index is -1.60. The Morgan fingerprint density at radius 1 is 1.05 bits per heavy atom. The van der Waals surface area contributed by atoms with Crippen LogP contribution in [0.25, 0.3) is 11.0 Å². The summed E-state index contributed by atoms with van der Waals surface area (Å²) >= 11 is 2.11. The maximum absolute atomic E-state index is 13.9. The van der Waals surface area contributed by atoms with Crippen molar-refractivity contribution in [3.63, 3.8) is 0 Å². The molecule has 21 nitrogen and oxygen atoms in total. The van der Waals surface area contributed by atoms with Gasteiger partial charge in [-0.2, -0.15) is 0 Å². The van der Waals surface area contributed by atoms with Crippen LogP contribution in [0.3, 0.4) is 0 Å². The van der Waals surface area contributed by atoms with Gasteiger partial charge in [0.15, 0.2) is 18.1 Å². The zero-order valence-corrected chi connectivity index (χ0v) is 29.6. The number of phenols is 2. The predicted molar refractivity (Wildman–Crippen MR) is 186 cm³/mol. The number of nitrogens with one attached hydrogen (secondary N) is 2. The monoisotopic (exact) mass is 797 g/mol. The average Bonchev–Trinajstić information content (AvgIpc) is 3.57. The molecule has 286 valence electrons. The molecular weight excluding hydrogens is 771 g/mol. The number of aryl methyl sites for hydroxylation is 1. The number of thioether (sulfide) groups is 2. The van der Waals surface area contributed by atoms with Gasteiger partial charge in [0.25, 0.3) is 11.8 Å². The van der Waals surface area contributed by atoms with E-state index >= 15 is 0 Å². The topological polar surface area (TPSA) is 314 Å². The SMILES string of the molecule is Cc1oc2cc(O)c(O)cc2c(=O)c1C(=O)NC(C(=O)N[C@@H]1C(=O)N2C(C(=O)O)=C(CSc3nnnn3CC(=O)O)CS[C@@H]12)c1ccc(OCC(=O)O)cc1. The van der Waals surface area contributed by atoms with Crippen molar-refractivity contribution in [3.05, 3.63) is 74.8 Å². The molecule has 55 heavy (non-hydrogen) atoms. The average molecular weight is 798 g/mol. The predicted octanol–water partition coefficient (Wildman–Crippen LogP) is 0.0491. The van der Waals surface area contributed by atoms with Crippen molar-refractivity contribution in [2.75, 3.05) is 18.1 Å². The van der Waals surface area contributed by atoms with Crippen LogP contribution in [0.4, 0.5) is 0 Å². The number of aromatic nitrogens is 4. The van der Waals surface area contributed by atoms with Crippen LogP contribution in [0.15, 0.2) is 62.0 Å². The van der Waals surface area contributed by atoms with Crippen LogP contribution in [0.1, 0.15) is 27.7 Å². The largest absolute Gasteiger partial charge is 0.504 e. The highest BCUT2D eigenvalue weighted by Crippen LogP contribution is 2.42. The molecule has 0 radical (unpaired) electrons. The Balaban J connectivity index is 1.25. The third-order valence-corrected chi connectivity index (χ3v) is 10.6. The standard InChI is InChI=1S/C32H27N7O14S2/c1-12-22(26(46)16-6-17(40)18(41)7-19(16)53-12)27(47)33-23(13-2-4-15(5-3-13)52-9-21(44)45)28(48)34-24-29(49)39-25(31(50)51)14(10-54-30(24)39)11-55-32-35-36-37-38(32)8-20(42)43/h2-7,23-24,30,40-41H,8-11H2,1H3,(H,33,47)(H,34,48)(H,42,43)(H,44,45)(H,50,51)/t23?,24-,30+/m1/s1. The smallest absolute Gasteiger partial charge is 0.352 e. The molecule has 0 spiro atoms. The van der Waals surface area contributed by atoms with Gasteiger partial charge in [-0.1, -0.05) is 23.9 Å². The van der Waals surface area contributed by atoms with E-state index < -0.39 is 88.7 Å². The number of nitrogens with zero attached hydrogens (tertiary/aromatic N) is 5. The summed E-state index contributed by atoms with van der Waals surface area (Å²) in [5.41, 5.74) is -1.48. The van der Waals surface area contributed by atoms with Crippen molar-refractivity contribution in [3.8, 4) is 17.2 Å². The molecule has 0 saturated carbocycles. The lowest BCUT2D eigenvalue weighted by molar-refractivity contribution is -0.151. The first-order valence-electron chi connectivity index (χ1n) is 15.7. The number of carbonyl (C=O) groups excluding carboxylic acids is 3. The zero-order chi connectivity index (χ0) is 39.7. The number of aromatic hydroxyl groups is 2. The van der Waals surface area contributed by atoms with E-state index in [9.17, 15) is 48.9 Å². The van der Waals surface area contributed by atoms with Gasteiger partial charge in [-0.05, 0) is 46.7 Å². The van der Waals surface area contributed by atoms with Crippen molar-refractivity contribution in [1.82, 2.24) is 35.7 Å². The Morgan fingerprint density at radius 3 is 2.44 bits per heavy atom. The molecule has 2 aromatic heterocycles. The Hall–Kier alpha value is -6.62. The number of phenolic OH excluding ortho intramolecular Hbond substituents is 2. The zero-order valence-electron chi connectivity index (χ0n) is 28.0. The van der Waals surface area contributed by atoms with Gasteiger partial charge in [0.05, 0.1) is 5.39 Å². The minimum absolute atomic E-state index is 0.00854. The highest BCUT2D eigenvalue weighted by molar-refractivity contribution is 8.01. The Bertz CT molecular complexity index is 2360. The molecule has 2 aliphatic rings. The summed E-state index contributed by atoms with van der Waals surface area (Å²) in [4.78, 5) is 90.0. The third kappa shape index (κ3) is 7.73. The van der Waals surface area contributed by atoms with Gasteiger partial charge in [0.2, 0.25) is 16.5 Å². The first-order chi connectivity index (χ1) is 26.1. The number of hydrogen-bond acceptors (Lipinski definition) is 16. The minimum Gasteiger partial charge on any atom is -0.504 e. The summed E-state index contributed by atoms with van der Waals surface area (Å²) in [6, 6.07) is 4.37. The first kappa shape index (κ1) is 38.1. The summed E-state index contributed by atoms with van der Waals surface area (Å²) in [5, 5.41) is 62.7. The van der Waals surface area contributed by atoms with Gasteiger partial charge in [-0.25, -0.2) is 14.3 Å². The van der Waals surface area contributed by atoms with Crippen molar-refractivity contribution in [2.45, 2.75) is 36.1 Å². The molecule has 0 bridgehead atoms. The maximum Gasteiger partial charge on any atom is 0.352 e. The van der Waals surface area contributed by atoms with Crippen LogP contribution in [-0.2, 0) is 30.5 Å². The molecule has 23 heteroatoms. The Kier molecular flexibility index (Phi) is 10.7. The van der Waals surface area contributed by atoms with Crippen LogP contribution in [0.5, 0.6) is 17.2 Å². The summed E-state index contributed by atoms with van der Waals surface area (Å²) < 4.78 is 11.7. The number of carboxylic acid groups (broad SMARTS) is 3. The number of ether oxygens (including phenoxy) is 1. The summed E-state index contributed by atoms with van der Waals surface area (Å²) in [7, 11) is 0. The second kappa shape index (κ2) is 15.4. The van der Waals surface area contributed by atoms with E-state index in [1.165, 1.54) is 31.2 Å². The van der Waals surface area contributed by atoms with Crippen molar-refractivity contribution >= 4 is 70.1 Å². The molecule has 4 heterocycles. The number of β-lactam (4-membered cyclic amide) rings is 1. The van der Waals surface area contributed by atoms with Gasteiger partial charge >= 0.3 is 17.9 Å². The first-order valence-corrected chi connectivity index (χ1v) is 17.7. The molecule has 3 amide bonds. The molecule has 6 rings (SSSR count). The van der Waals surface area contributed by atoms with Gasteiger partial charge in [-0.15, -0.1) is 16.9 Å². The van der Waals surface area contributed by atoms with Crippen LogP contribution < -0.4 is 20.8 Å². The van der Waals surface area contributed by atoms with E-state index in [0.717, 1.165) is 45.2 Å². The van der Waals surface area contributed by atoms with Crippen LogP contribution in [-0.4, -0.2) is 116 Å². The van der Waals surface area contributed by atoms with E-state index in [2.05, 4.69) is 26.2 Å². The molecule has 1 fully saturated rings. The highest BCUT2D eigenvalue weighted by Gasteiger charge is 2.54. The van der Waals surface area contributed by atoms with Gasteiger partial charge in [0, 0.05) is 17.6 Å². The van der Waals surface area contributed by atoms with Crippen LogP contribution >= 0.6 is 23.5 Å². The fourth-order valence-electron chi connectivity index (χ4n) is 5.71. The lowest BCUT2D eigenvalue weighted by Gasteiger charge is -2.49. The maximum atomic E-state index is 13.9. The van der Waals surface area contributed by atoms with E-state index in [-0.39, 0.29) is 50.4 Å². The number of benzene rings is 2. The van der Waals surface area contributed by atoms with Gasteiger partial charge in [0.1, 0.15) is 52.4 Å². The van der Waals surface area contributed by atoms with E-state index in [0.29, 0.717) is 5.57 Å². The van der Waals surface area contributed by atoms with E-state index in [1.807, 2.05) is 0 Å². The lowest BCUT2D eigenvalue weighted by Crippen LogP contribution is -2.71. The molecule has 0 aliphatic carbocycles. The number of rotatable bonds is 14. The highest BCUT2D eigenvalue weighted by atomic mass is 32.2. The summed E-state index contributed by atoms with van der Waals surface area (Å²) in [6.07, 6.45) is 0. The van der Waals surface area contributed by atoms with Crippen molar-refractivity contribution in [2.24, 2.45) is 0 Å². The van der Waals surface area contributed by atoms with Crippen LogP contribution in [0.2, 0.25) is 0 Å². The van der Waals surface area contributed by atoms with Crippen molar-refractivity contribution in [1.29, 1.82) is 0 Å². The molecule has 1 unspecified atom stereocenters. The number of tetrazole rings is 1. The van der Waals surface area contributed by atoms with Gasteiger partial charge < -0.3 is 45.3 Å². The molecule has 7 N–H and O–H groups in total. The summed E-state index contributed by atoms with van der Waals surface area (Å²) in [5.74, 6) is -7.90. The van der Waals surface area contributed by atoms with E-state index in [1.54, 1.807) is 0 Å². The van der Waals surface area contributed by atoms with Crippen molar-refractivity contribution < 1.29 is 63.5 Å². The number of fused-ring (bicyclic) bond motifs is 2. The lowest BCUT2D eigenvalue weighted by atomic mass is 10.0. The number of aliphatic carboxylic acids is 3. The molecule has 2 aromatic carbocycles. The number of amides is 3. The normalized spacial score (nSPS) is 16.9.